The van der Waals surface area contributed by atoms with Crippen LogP contribution in [0.5, 0.6) is 11.5 Å². The summed E-state index contributed by atoms with van der Waals surface area (Å²) in [6, 6.07) is 2.78. The van der Waals surface area contributed by atoms with Gasteiger partial charge in [-0.05, 0) is 19.9 Å². The first kappa shape index (κ1) is 12.7. The standard InChI is InChI=1S/C11H16FNO3/c1-7(2)16-11-4-8(6-15-13)9(12)5-10(11)14-3/h4-5,7H,6,13H2,1-3H3. The molecule has 1 aromatic carbocycles. The van der Waals surface area contributed by atoms with E-state index in [-0.39, 0.29) is 12.7 Å². The largest absolute Gasteiger partial charge is 0.493 e. The molecule has 16 heavy (non-hydrogen) atoms. The van der Waals surface area contributed by atoms with Gasteiger partial charge in [0.15, 0.2) is 11.5 Å². The Morgan fingerprint density at radius 3 is 2.50 bits per heavy atom. The lowest BCUT2D eigenvalue weighted by molar-refractivity contribution is 0.121. The monoisotopic (exact) mass is 229 g/mol. The molecule has 0 amide bonds. The third kappa shape index (κ3) is 3.08. The van der Waals surface area contributed by atoms with Crippen LogP contribution < -0.4 is 15.4 Å². The van der Waals surface area contributed by atoms with E-state index in [1.807, 2.05) is 13.8 Å². The molecule has 0 spiro atoms. The fourth-order valence-electron chi connectivity index (χ4n) is 1.28. The maximum Gasteiger partial charge on any atom is 0.163 e. The van der Waals surface area contributed by atoms with Gasteiger partial charge in [0.05, 0.1) is 19.8 Å². The van der Waals surface area contributed by atoms with Gasteiger partial charge in [-0.3, -0.25) is 4.84 Å². The van der Waals surface area contributed by atoms with E-state index < -0.39 is 5.82 Å². The van der Waals surface area contributed by atoms with Crippen LogP contribution in [0.25, 0.3) is 0 Å². The molecule has 1 rings (SSSR count). The van der Waals surface area contributed by atoms with Crippen molar-refractivity contribution in [2.45, 2.75) is 26.6 Å². The second-order valence-corrected chi connectivity index (χ2v) is 3.57. The van der Waals surface area contributed by atoms with Crippen molar-refractivity contribution in [1.29, 1.82) is 0 Å². The summed E-state index contributed by atoms with van der Waals surface area (Å²) in [6.45, 7) is 3.74. The number of methoxy groups -OCH3 is 1. The molecule has 90 valence electrons. The normalized spacial score (nSPS) is 10.6. The smallest absolute Gasteiger partial charge is 0.163 e. The molecule has 0 saturated heterocycles. The van der Waals surface area contributed by atoms with E-state index in [0.717, 1.165) is 0 Å². The topological polar surface area (TPSA) is 53.7 Å². The molecule has 0 bridgehead atoms. The summed E-state index contributed by atoms with van der Waals surface area (Å²) < 4.78 is 24.0. The molecular formula is C11H16FNO3. The van der Waals surface area contributed by atoms with Crippen LogP contribution in [0.2, 0.25) is 0 Å². The van der Waals surface area contributed by atoms with E-state index in [1.165, 1.54) is 19.2 Å². The predicted octanol–water partition coefficient (Wildman–Crippen LogP) is 2.01. The first-order chi connectivity index (χ1) is 7.58. The first-order valence-corrected chi connectivity index (χ1v) is 4.93. The van der Waals surface area contributed by atoms with E-state index in [9.17, 15) is 4.39 Å². The van der Waals surface area contributed by atoms with Crippen LogP contribution in [-0.4, -0.2) is 13.2 Å². The molecule has 0 heterocycles. The molecule has 1 aromatic rings. The molecule has 4 nitrogen and oxygen atoms in total. The molecule has 0 unspecified atom stereocenters. The van der Waals surface area contributed by atoms with Crippen LogP contribution in [0.15, 0.2) is 12.1 Å². The molecule has 0 aliphatic heterocycles. The van der Waals surface area contributed by atoms with Crippen LogP contribution in [-0.2, 0) is 11.4 Å². The molecule has 0 aliphatic rings. The number of hydrogen-bond acceptors (Lipinski definition) is 4. The number of ether oxygens (including phenoxy) is 2. The number of benzene rings is 1. The Balaban J connectivity index is 3.07. The lowest BCUT2D eigenvalue weighted by Gasteiger charge is -2.15. The summed E-state index contributed by atoms with van der Waals surface area (Å²) in [5.74, 6) is 5.31. The Labute approximate surface area is 94.1 Å². The summed E-state index contributed by atoms with van der Waals surface area (Å²) >= 11 is 0. The molecule has 0 aromatic heterocycles. The van der Waals surface area contributed by atoms with E-state index in [0.29, 0.717) is 17.1 Å². The summed E-state index contributed by atoms with van der Waals surface area (Å²) in [6.07, 6.45) is -0.0222. The maximum absolute atomic E-state index is 13.5. The van der Waals surface area contributed by atoms with Gasteiger partial charge in [0.1, 0.15) is 5.82 Å². The molecule has 2 N–H and O–H groups in total. The van der Waals surface area contributed by atoms with Crippen LogP contribution in [0.1, 0.15) is 19.4 Å². The Kier molecular flexibility index (Phi) is 4.52. The minimum Gasteiger partial charge on any atom is -0.493 e. The second kappa shape index (κ2) is 5.67. The van der Waals surface area contributed by atoms with Gasteiger partial charge in [0.2, 0.25) is 0 Å². The zero-order chi connectivity index (χ0) is 12.1. The number of halogens is 1. The van der Waals surface area contributed by atoms with Crippen molar-refractivity contribution in [2.24, 2.45) is 5.90 Å². The van der Waals surface area contributed by atoms with Gasteiger partial charge < -0.3 is 9.47 Å². The van der Waals surface area contributed by atoms with Gasteiger partial charge >= 0.3 is 0 Å². The molecular weight excluding hydrogens is 213 g/mol. The van der Waals surface area contributed by atoms with Crippen LogP contribution in [0, 0.1) is 5.82 Å². The van der Waals surface area contributed by atoms with Crippen LogP contribution >= 0.6 is 0 Å². The summed E-state index contributed by atoms with van der Waals surface area (Å²) in [7, 11) is 1.46. The lowest BCUT2D eigenvalue weighted by atomic mass is 10.2. The van der Waals surface area contributed by atoms with Gasteiger partial charge in [-0.1, -0.05) is 0 Å². The number of rotatable bonds is 5. The summed E-state index contributed by atoms with van der Waals surface area (Å²) in [5, 5.41) is 0. The summed E-state index contributed by atoms with van der Waals surface area (Å²) in [4.78, 5) is 4.41. The molecule has 0 saturated carbocycles. The molecule has 0 aliphatic carbocycles. The third-order valence-electron chi connectivity index (χ3n) is 1.93. The van der Waals surface area contributed by atoms with Gasteiger partial charge in [-0.25, -0.2) is 10.3 Å². The SMILES string of the molecule is COc1cc(F)c(CON)cc1OC(C)C. The third-order valence-corrected chi connectivity index (χ3v) is 1.93. The van der Waals surface area contributed by atoms with Crippen molar-refractivity contribution in [3.63, 3.8) is 0 Å². The Hall–Kier alpha value is -1.33. The van der Waals surface area contributed by atoms with E-state index in [1.54, 1.807) is 0 Å². The van der Waals surface area contributed by atoms with Crippen molar-refractivity contribution >= 4 is 0 Å². The fourth-order valence-corrected chi connectivity index (χ4v) is 1.28. The minimum absolute atomic E-state index is 0.00964. The molecule has 0 fully saturated rings. The van der Waals surface area contributed by atoms with Gasteiger partial charge in [-0.15, -0.1) is 0 Å². The van der Waals surface area contributed by atoms with Crippen LogP contribution in [0.3, 0.4) is 0 Å². The average molecular weight is 229 g/mol. The zero-order valence-electron chi connectivity index (χ0n) is 9.62. The van der Waals surface area contributed by atoms with Gasteiger partial charge in [0.25, 0.3) is 0 Å². The number of nitrogens with two attached hydrogens (primary N) is 1. The quantitative estimate of drug-likeness (QED) is 0.785. The van der Waals surface area contributed by atoms with Crippen LogP contribution in [0.4, 0.5) is 4.39 Å². The average Bonchev–Trinajstić information content (AvgIpc) is 2.22. The van der Waals surface area contributed by atoms with Crippen molar-refractivity contribution in [2.75, 3.05) is 7.11 Å². The highest BCUT2D eigenvalue weighted by molar-refractivity contribution is 5.43. The molecule has 5 heteroatoms. The Morgan fingerprint density at radius 2 is 2.00 bits per heavy atom. The fraction of sp³-hybridized carbons (Fsp3) is 0.455. The minimum atomic E-state index is -0.432. The maximum atomic E-state index is 13.5. The Bertz CT molecular complexity index is 355. The van der Waals surface area contributed by atoms with E-state index in [2.05, 4.69) is 4.84 Å². The Morgan fingerprint density at radius 1 is 1.31 bits per heavy atom. The van der Waals surface area contributed by atoms with Crippen molar-refractivity contribution in [3.8, 4) is 11.5 Å². The van der Waals surface area contributed by atoms with E-state index in [4.69, 9.17) is 15.4 Å². The zero-order valence-corrected chi connectivity index (χ0v) is 9.62. The van der Waals surface area contributed by atoms with Crippen molar-refractivity contribution < 1.29 is 18.7 Å². The van der Waals surface area contributed by atoms with Crippen molar-refractivity contribution in [1.82, 2.24) is 0 Å². The predicted molar refractivity (Wildman–Crippen MR) is 57.7 cm³/mol. The molecule has 0 radical (unpaired) electrons. The lowest BCUT2D eigenvalue weighted by Crippen LogP contribution is -2.08. The van der Waals surface area contributed by atoms with Gasteiger partial charge in [0, 0.05) is 11.6 Å². The highest BCUT2D eigenvalue weighted by atomic mass is 19.1. The van der Waals surface area contributed by atoms with E-state index >= 15 is 0 Å². The molecule has 0 atom stereocenters. The summed E-state index contributed by atoms with van der Waals surface area (Å²) in [5.41, 5.74) is 0.332. The highest BCUT2D eigenvalue weighted by Crippen LogP contribution is 2.31. The second-order valence-electron chi connectivity index (χ2n) is 3.57. The van der Waals surface area contributed by atoms with Gasteiger partial charge in [-0.2, -0.15) is 0 Å². The number of hydrogen-bond donors (Lipinski definition) is 1. The first-order valence-electron chi connectivity index (χ1n) is 4.93. The highest BCUT2D eigenvalue weighted by Gasteiger charge is 2.12. The van der Waals surface area contributed by atoms with Crippen molar-refractivity contribution in [3.05, 3.63) is 23.5 Å².